The highest BCUT2D eigenvalue weighted by molar-refractivity contribution is 6.33. The Bertz CT molecular complexity index is 479. The summed E-state index contributed by atoms with van der Waals surface area (Å²) in [5.41, 5.74) is 0.331. The van der Waals surface area contributed by atoms with Crippen molar-refractivity contribution in [2.24, 2.45) is 0 Å². The van der Waals surface area contributed by atoms with Crippen molar-refractivity contribution in [2.75, 3.05) is 6.61 Å². The normalized spacial score (nSPS) is 13.4. The van der Waals surface area contributed by atoms with Crippen LogP contribution in [0, 0.1) is 0 Å². The number of halogens is 1. The van der Waals surface area contributed by atoms with E-state index >= 15 is 0 Å². The van der Waals surface area contributed by atoms with Gasteiger partial charge >= 0.3 is 0 Å². The fraction of sp³-hybridized carbons (Fsp3) is 0.429. The number of nitrogens with one attached hydrogen (secondary N) is 2. The molecule has 0 aliphatic rings. The number of carbonyl (C=O) groups excluding carboxylic acids is 2. The summed E-state index contributed by atoms with van der Waals surface area (Å²) < 4.78 is 0. The number of rotatable bonds is 6. The van der Waals surface area contributed by atoms with Crippen LogP contribution in [0.2, 0.25) is 5.02 Å². The van der Waals surface area contributed by atoms with E-state index in [4.69, 9.17) is 16.7 Å². The average molecular weight is 299 g/mol. The van der Waals surface area contributed by atoms with Crippen LogP contribution in [-0.2, 0) is 4.79 Å². The summed E-state index contributed by atoms with van der Waals surface area (Å²) in [4.78, 5) is 23.8. The molecule has 2 unspecified atom stereocenters. The van der Waals surface area contributed by atoms with Crippen LogP contribution >= 0.6 is 11.6 Å². The highest BCUT2D eigenvalue weighted by Gasteiger charge is 2.19. The summed E-state index contributed by atoms with van der Waals surface area (Å²) in [5, 5.41) is 14.4. The predicted molar refractivity (Wildman–Crippen MR) is 77.7 cm³/mol. The van der Waals surface area contributed by atoms with Crippen molar-refractivity contribution in [1.82, 2.24) is 10.6 Å². The van der Waals surface area contributed by atoms with E-state index in [0.717, 1.165) is 0 Å². The van der Waals surface area contributed by atoms with Gasteiger partial charge in [0.1, 0.15) is 6.04 Å². The molecule has 2 amide bonds. The fourth-order valence-electron chi connectivity index (χ4n) is 1.62. The van der Waals surface area contributed by atoms with E-state index in [2.05, 4.69) is 10.6 Å². The molecule has 0 aromatic heterocycles. The molecule has 6 heteroatoms. The van der Waals surface area contributed by atoms with Crippen molar-refractivity contribution in [1.29, 1.82) is 0 Å². The topological polar surface area (TPSA) is 78.4 Å². The summed E-state index contributed by atoms with van der Waals surface area (Å²) in [6, 6.07) is 5.81. The molecular formula is C14H19ClN2O3. The maximum Gasteiger partial charge on any atom is 0.253 e. The minimum absolute atomic E-state index is 0.00180. The molecule has 0 radical (unpaired) electrons. The lowest BCUT2D eigenvalue weighted by Crippen LogP contribution is -2.47. The van der Waals surface area contributed by atoms with E-state index < -0.39 is 11.9 Å². The second-order valence-electron chi connectivity index (χ2n) is 4.60. The molecule has 0 fully saturated rings. The van der Waals surface area contributed by atoms with Gasteiger partial charge in [-0.25, -0.2) is 0 Å². The van der Waals surface area contributed by atoms with Crippen molar-refractivity contribution in [3.8, 4) is 0 Å². The van der Waals surface area contributed by atoms with Gasteiger partial charge in [0.15, 0.2) is 0 Å². The highest BCUT2D eigenvalue weighted by Crippen LogP contribution is 2.14. The number of hydrogen-bond acceptors (Lipinski definition) is 3. The van der Waals surface area contributed by atoms with Gasteiger partial charge in [0, 0.05) is 12.6 Å². The molecule has 110 valence electrons. The number of carbonyl (C=O) groups is 2. The highest BCUT2D eigenvalue weighted by atomic mass is 35.5. The van der Waals surface area contributed by atoms with Crippen LogP contribution in [0.1, 0.15) is 30.6 Å². The first kappa shape index (κ1) is 16.5. The first-order chi connectivity index (χ1) is 9.45. The first-order valence-corrected chi connectivity index (χ1v) is 6.80. The van der Waals surface area contributed by atoms with Crippen LogP contribution in [0.3, 0.4) is 0 Å². The Morgan fingerprint density at radius 1 is 1.25 bits per heavy atom. The lowest BCUT2D eigenvalue weighted by Gasteiger charge is -2.18. The van der Waals surface area contributed by atoms with Crippen molar-refractivity contribution >= 4 is 23.4 Å². The molecule has 5 nitrogen and oxygen atoms in total. The smallest absolute Gasteiger partial charge is 0.253 e. The van der Waals surface area contributed by atoms with Gasteiger partial charge in [0.25, 0.3) is 5.91 Å². The summed E-state index contributed by atoms with van der Waals surface area (Å²) in [5.74, 6) is -0.695. The third-order valence-corrected chi connectivity index (χ3v) is 3.14. The molecule has 0 spiro atoms. The van der Waals surface area contributed by atoms with E-state index in [0.29, 0.717) is 17.0 Å². The molecule has 0 aliphatic carbocycles. The zero-order chi connectivity index (χ0) is 15.1. The number of aliphatic hydroxyl groups excluding tert-OH is 1. The van der Waals surface area contributed by atoms with Gasteiger partial charge in [0.05, 0.1) is 10.6 Å². The van der Waals surface area contributed by atoms with Gasteiger partial charge in [-0.2, -0.15) is 0 Å². The summed E-state index contributed by atoms with van der Waals surface area (Å²) in [6.45, 7) is 3.38. The Morgan fingerprint density at radius 3 is 2.50 bits per heavy atom. The zero-order valence-electron chi connectivity index (χ0n) is 11.5. The summed E-state index contributed by atoms with van der Waals surface area (Å²) >= 11 is 5.92. The minimum atomic E-state index is -0.681. The Labute approximate surface area is 123 Å². The molecule has 0 bridgehead atoms. The SMILES string of the molecule is CC(CCO)NC(=O)C(C)NC(=O)c1ccccc1Cl. The molecule has 0 saturated carbocycles. The van der Waals surface area contributed by atoms with Crippen LogP contribution in [-0.4, -0.2) is 35.6 Å². The molecule has 0 saturated heterocycles. The third-order valence-electron chi connectivity index (χ3n) is 2.81. The quantitative estimate of drug-likeness (QED) is 0.742. The molecular weight excluding hydrogens is 280 g/mol. The predicted octanol–water partition coefficient (Wildman–Crippen LogP) is 1.35. The number of benzene rings is 1. The maximum absolute atomic E-state index is 12.0. The van der Waals surface area contributed by atoms with Gasteiger partial charge in [-0.05, 0) is 32.4 Å². The van der Waals surface area contributed by atoms with Gasteiger partial charge in [0.2, 0.25) is 5.91 Å². The van der Waals surface area contributed by atoms with E-state index in [1.165, 1.54) is 0 Å². The van der Waals surface area contributed by atoms with Crippen molar-refractivity contribution in [2.45, 2.75) is 32.4 Å². The monoisotopic (exact) mass is 298 g/mol. The lowest BCUT2D eigenvalue weighted by molar-refractivity contribution is -0.123. The van der Waals surface area contributed by atoms with E-state index in [9.17, 15) is 9.59 Å². The number of aliphatic hydroxyl groups is 1. The average Bonchev–Trinajstić information content (AvgIpc) is 2.39. The zero-order valence-corrected chi connectivity index (χ0v) is 12.3. The fourth-order valence-corrected chi connectivity index (χ4v) is 1.84. The number of hydrogen-bond donors (Lipinski definition) is 3. The third kappa shape index (κ3) is 4.83. The summed E-state index contributed by atoms with van der Waals surface area (Å²) in [7, 11) is 0. The van der Waals surface area contributed by atoms with E-state index in [1.54, 1.807) is 38.1 Å². The van der Waals surface area contributed by atoms with Crippen molar-refractivity contribution < 1.29 is 14.7 Å². The minimum Gasteiger partial charge on any atom is -0.396 e. The Morgan fingerprint density at radius 2 is 1.90 bits per heavy atom. The molecule has 0 aliphatic heterocycles. The number of amides is 2. The van der Waals surface area contributed by atoms with Crippen LogP contribution in [0.4, 0.5) is 0 Å². The maximum atomic E-state index is 12.0. The largest absolute Gasteiger partial charge is 0.396 e. The Balaban J connectivity index is 2.57. The second kappa shape index (κ2) is 7.87. The van der Waals surface area contributed by atoms with Gasteiger partial charge in [-0.15, -0.1) is 0 Å². The molecule has 3 N–H and O–H groups in total. The van der Waals surface area contributed by atoms with Gasteiger partial charge in [-0.1, -0.05) is 23.7 Å². The summed E-state index contributed by atoms with van der Waals surface area (Å²) in [6.07, 6.45) is 0.469. The molecule has 1 aromatic carbocycles. The van der Waals surface area contributed by atoms with Crippen molar-refractivity contribution in [3.05, 3.63) is 34.9 Å². The molecule has 1 rings (SSSR count). The standard InChI is InChI=1S/C14H19ClN2O3/c1-9(7-8-18)16-13(19)10(2)17-14(20)11-5-3-4-6-12(11)15/h3-6,9-10,18H,7-8H2,1-2H3,(H,16,19)(H,17,20). The van der Waals surface area contributed by atoms with Crippen LogP contribution < -0.4 is 10.6 Å². The lowest BCUT2D eigenvalue weighted by atomic mass is 10.2. The molecule has 0 heterocycles. The second-order valence-corrected chi connectivity index (χ2v) is 5.00. The van der Waals surface area contributed by atoms with Crippen molar-refractivity contribution in [3.63, 3.8) is 0 Å². The Kier molecular flexibility index (Phi) is 6.48. The van der Waals surface area contributed by atoms with E-state index in [1.807, 2.05) is 0 Å². The molecule has 2 atom stereocenters. The molecule has 20 heavy (non-hydrogen) atoms. The van der Waals surface area contributed by atoms with Gasteiger partial charge < -0.3 is 15.7 Å². The molecule has 1 aromatic rings. The van der Waals surface area contributed by atoms with Crippen LogP contribution in [0.15, 0.2) is 24.3 Å². The first-order valence-electron chi connectivity index (χ1n) is 6.42. The van der Waals surface area contributed by atoms with Crippen LogP contribution in [0.5, 0.6) is 0 Å². The van der Waals surface area contributed by atoms with E-state index in [-0.39, 0.29) is 18.6 Å². The Hall–Kier alpha value is -1.59. The van der Waals surface area contributed by atoms with Gasteiger partial charge in [-0.3, -0.25) is 9.59 Å². The van der Waals surface area contributed by atoms with Crippen LogP contribution in [0.25, 0.3) is 0 Å².